The minimum atomic E-state index is -5.26. The molecular weight excluding hydrogens is 1800 g/mol. The number of hydrogen-bond acceptors (Lipinski definition) is 23. The molecule has 0 heterocycles. The number of carbonyl (C=O) groups excluding carboxylic acids is 12. The van der Waals surface area contributed by atoms with Gasteiger partial charge in [-0.25, -0.2) is 56.6 Å². The predicted octanol–water partition coefficient (Wildman–Crippen LogP) is 6.42. The van der Waals surface area contributed by atoms with Crippen molar-refractivity contribution in [3.05, 3.63) is 71.8 Å². The van der Waals surface area contributed by atoms with Crippen LogP contribution in [0.15, 0.2) is 60.7 Å². The number of alkyl halides is 7. The first-order valence-electron chi connectivity index (χ1n) is 39.1. The number of nitrogens with one attached hydrogen (secondary N) is 11. The van der Waals surface area contributed by atoms with E-state index in [9.17, 15) is 70.7 Å². The average Bonchev–Trinajstić information content (AvgIpc) is 0.867. The van der Waals surface area contributed by atoms with Crippen molar-refractivity contribution in [1.82, 2.24) is 110 Å². The van der Waals surface area contributed by atoms with E-state index in [-0.39, 0.29) is 120 Å². The molecule has 41 heteroatoms. The standard InChI is InChI=1S/C18H36BrN5O4.2C16H25BrN4O2.C14H25F3N4O3.C13H27BrN4O2/c1-14(2)12-24(20-6)16(26)13-23(22-15(25)11-19)10-8-7-9-21-17(27)28-18(3,4)5;1-13(2)10-20(3)18-16(23)12-21(19-15(22)9-17)11-14-7-5-4-6-8-14;1-13(2)10-21(18-3)16(23)12-20(19-15(22)9-17)11-14-7-5-4-6-8-14;1-9(2)6-20(19-13(24)12(23)14(15,16)17)8-11(22)21(18-5)7-10(3)4;1-10(2)7-17(16-12(19)6-14)9-13(20)18(15-5)8-11(3)4/h14,20H,7-13H2,1-6H3,(H,21,27)(H,22,25);4-8,13H,9-12H2,1-3H3,(H,18,23)(H,19,22);4-8,13,18H,9-12H2,1-3H3,(H,19,22);9-10,18H,6-8H2,1-5H3,(H,19,24);10-11,15H,6-9H2,1-5H3,(H,16,19). The Kier molecular flexibility index (Phi) is 63.8. The van der Waals surface area contributed by atoms with Gasteiger partial charge in [0, 0.05) is 107 Å². The maximum absolute atomic E-state index is 12.5. The average molecular weight is 1940 g/mol. The van der Waals surface area contributed by atoms with Gasteiger partial charge in [-0.2, -0.15) is 13.2 Å². The van der Waals surface area contributed by atoms with Gasteiger partial charge in [0.15, 0.2) is 0 Å². The van der Waals surface area contributed by atoms with E-state index in [0.717, 1.165) is 22.7 Å². The van der Waals surface area contributed by atoms with Crippen LogP contribution in [-0.4, -0.2) is 281 Å². The Balaban J connectivity index is -0.00000141. The normalized spacial score (nSPS) is 11.3. The lowest BCUT2D eigenvalue weighted by atomic mass is 10.2. The van der Waals surface area contributed by atoms with Crippen LogP contribution < -0.4 is 59.6 Å². The number of Topliss-reactive ketones (excluding diaryl/α,β-unsaturated/α-hetero) is 1. The lowest BCUT2D eigenvalue weighted by molar-refractivity contribution is -0.176. The molecule has 2 aromatic carbocycles. The molecule has 0 aliphatic carbocycles. The van der Waals surface area contributed by atoms with E-state index in [1.54, 1.807) is 82.1 Å². The second-order valence-corrected chi connectivity index (χ2v) is 33.3. The van der Waals surface area contributed by atoms with Gasteiger partial charge in [0.25, 0.3) is 23.6 Å². The lowest BCUT2D eigenvalue weighted by Crippen LogP contribution is -2.55. The number of halogens is 7. The number of benzene rings is 2. The molecule has 0 saturated heterocycles. The van der Waals surface area contributed by atoms with E-state index in [2.05, 4.69) is 146 Å². The second-order valence-electron chi connectivity index (χ2n) is 31.0. The van der Waals surface area contributed by atoms with Crippen LogP contribution in [-0.2, 0) is 70.6 Å². The van der Waals surface area contributed by atoms with Crippen molar-refractivity contribution < 1.29 is 75.4 Å². The summed E-state index contributed by atoms with van der Waals surface area (Å²) in [5.41, 5.74) is 28.5. The Hall–Kier alpha value is -6.61. The van der Waals surface area contributed by atoms with Gasteiger partial charge in [-0.15, -0.1) is 0 Å². The molecular formula is C77H138Br4F3N21O13. The molecule has 0 radical (unpaired) electrons. The molecule has 34 nitrogen and oxygen atoms in total. The first-order valence-corrected chi connectivity index (χ1v) is 43.6. The number of amides is 11. The smallest absolute Gasteiger partial charge is 0.444 e. The van der Waals surface area contributed by atoms with Crippen LogP contribution in [0.2, 0.25) is 0 Å². The number of ketones is 1. The van der Waals surface area contributed by atoms with Crippen LogP contribution in [0.5, 0.6) is 0 Å². The summed E-state index contributed by atoms with van der Waals surface area (Å²) >= 11 is 12.5. The summed E-state index contributed by atoms with van der Waals surface area (Å²) in [5.74, 6) is -3.97. The summed E-state index contributed by atoms with van der Waals surface area (Å²) in [4.78, 5) is 142. The van der Waals surface area contributed by atoms with Gasteiger partial charge in [-0.3, -0.25) is 105 Å². The molecule has 2 aromatic rings. The SMILES string of the molecule is CC(C)CN(C)NC(=O)CN(Cc1ccccc1)NC(=O)CBr.CNN(CC(C)C)C(=O)CN(CC(C)C)NC(=O)C(=O)C(F)(F)F.CNN(CC(C)C)C(=O)CN(CC(C)C)NC(=O)CBr.CNN(CC(C)C)C(=O)CN(CCCCNC(=O)OC(C)(C)C)NC(=O)CBr.CNN(CC(C)C)C(=O)CN(Cc1ccccc1)NC(=O)CBr. The maximum atomic E-state index is 12.5. The van der Waals surface area contributed by atoms with E-state index in [0.29, 0.717) is 101 Å². The Morgan fingerprint density at radius 1 is 0.381 bits per heavy atom. The fourth-order valence-corrected chi connectivity index (χ4v) is 10.6. The first-order chi connectivity index (χ1) is 55.0. The number of rotatable bonds is 48. The highest BCUT2D eigenvalue weighted by molar-refractivity contribution is 9.10. The minimum Gasteiger partial charge on any atom is -0.444 e. The predicted molar refractivity (Wildman–Crippen MR) is 467 cm³/mol. The summed E-state index contributed by atoms with van der Waals surface area (Å²) < 4.78 is 42.0. The minimum absolute atomic E-state index is 0.0489. The van der Waals surface area contributed by atoms with E-state index < -0.39 is 35.5 Å². The molecule has 0 unspecified atom stereocenters. The third-order valence-corrected chi connectivity index (χ3v) is 16.6. The highest BCUT2D eigenvalue weighted by Crippen LogP contribution is 2.17. The van der Waals surface area contributed by atoms with Crippen LogP contribution >= 0.6 is 63.7 Å². The van der Waals surface area contributed by atoms with Crippen molar-refractivity contribution >= 4 is 135 Å². The highest BCUT2D eigenvalue weighted by atomic mass is 79.9. The molecule has 0 atom stereocenters. The van der Waals surface area contributed by atoms with Gasteiger partial charge < -0.3 is 10.1 Å². The zero-order chi connectivity index (χ0) is 91.0. The Labute approximate surface area is 732 Å². The quantitative estimate of drug-likeness (QED) is 0.0147. The van der Waals surface area contributed by atoms with Crippen molar-refractivity contribution in [3.63, 3.8) is 0 Å². The molecule has 11 amide bonds. The molecule has 11 N–H and O–H groups in total. The van der Waals surface area contributed by atoms with E-state index >= 15 is 0 Å². The first kappa shape index (κ1) is 116. The molecule has 0 spiro atoms. The van der Waals surface area contributed by atoms with E-state index in [1.807, 2.05) is 149 Å². The Morgan fingerprint density at radius 2 is 0.678 bits per heavy atom. The monoisotopic (exact) mass is 1940 g/mol. The van der Waals surface area contributed by atoms with Crippen LogP contribution in [0.4, 0.5) is 18.0 Å². The fraction of sp³-hybridized carbons (Fsp3) is 0.688. The molecule has 0 bridgehead atoms. The van der Waals surface area contributed by atoms with Crippen LogP contribution in [0.3, 0.4) is 0 Å². The summed E-state index contributed by atoms with van der Waals surface area (Å²) in [6.07, 6.45) is -4.33. The maximum Gasteiger partial charge on any atom is 0.460 e. The highest BCUT2D eigenvalue weighted by Gasteiger charge is 2.44. The molecule has 118 heavy (non-hydrogen) atoms. The van der Waals surface area contributed by atoms with Crippen molar-refractivity contribution in [3.8, 4) is 0 Å². The lowest BCUT2D eigenvalue weighted by Gasteiger charge is -2.28. The molecule has 678 valence electrons. The Morgan fingerprint density at radius 3 is 0.983 bits per heavy atom. The number of alkyl carbamates (subject to hydrolysis) is 1. The molecule has 0 fully saturated rings. The zero-order valence-electron chi connectivity index (χ0n) is 73.3. The van der Waals surface area contributed by atoms with Crippen LogP contribution in [0, 0.1) is 41.4 Å². The van der Waals surface area contributed by atoms with Crippen molar-refractivity contribution in [2.24, 2.45) is 41.4 Å². The summed E-state index contributed by atoms with van der Waals surface area (Å²) in [6.45, 7) is 38.9. The van der Waals surface area contributed by atoms with Crippen LogP contribution in [0.25, 0.3) is 0 Å². The number of nitrogens with zero attached hydrogens (tertiary/aromatic N) is 10. The van der Waals surface area contributed by atoms with Crippen molar-refractivity contribution in [2.75, 3.05) is 148 Å². The van der Waals surface area contributed by atoms with Crippen molar-refractivity contribution in [1.29, 1.82) is 0 Å². The van der Waals surface area contributed by atoms with Gasteiger partial charge in [0.05, 0.1) is 54.0 Å². The van der Waals surface area contributed by atoms with Crippen LogP contribution in [0.1, 0.15) is 142 Å². The van der Waals surface area contributed by atoms with Gasteiger partial charge in [0.2, 0.25) is 29.5 Å². The number of hydrazine groups is 10. The third-order valence-electron chi connectivity index (χ3n) is 14.5. The topological polar surface area (TPSA) is 379 Å². The zero-order valence-corrected chi connectivity index (χ0v) is 79.6. The number of unbranched alkanes of at least 4 members (excludes halogenated alkanes) is 1. The fourth-order valence-electron chi connectivity index (χ4n) is 10.1. The van der Waals surface area contributed by atoms with Gasteiger partial charge in [0.1, 0.15) is 5.60 Å². The summed E-state index contributed by atoms with van der Waals surface area (Å²) in [5, 5.41) is 18.7. The number of hydrogen-bond donors (Lipinski definition) is 11. The van der Waals surface area contributed by atoms with Gasteiger partial charge in [-0.1, -0.05) is 221 Å². The van der Waals surface area contributed by atoms with E-state index in [4.69, 9.17) is 4.74 Å². The van der Waals surface area contributed by atoms with Gasteiger partial charge >= 0.3 is 24.0 Å². The number of carbonyl (C=O) groups is 12. The third kappa shape index (κ3) is 61.6. The molecule has 0 saturated carbocycles. The van der Waals surface area contributed by atoms with E-state index in [1.165, 1.54) is 5.01 Å². The molecule has 2 rings (SSSR count). The Bertz CT molecular complexity index is 3210. The van der Waals surface area contributed by atoms with Gasteiger partial charge in [-0.05, 0) is 86.2 Å². The summed E-state index contributed by atoms with van der Waals surface area (Å²) in [6, 6.07) is 19.4. The number of ether oxygens (including phenoxy) is 1. The molecule has 0 aromatic heterocycles. The van der Waals surface area contributed by atoms with Crippen molar-refractivity contribution in [2.45, 2.75) is 155 Å². The molecule has 0 aliphatic rings. The summed E-state index contributed by atoms with van der Waals surface area (Å²) in [7, 11) is 8.52. The second kappa shape index (κ2) is 65.2. The molecule has 0 aliphatic heterocycles. The largest absolute Gasteiger partial charge is 0.460 e.